The van der Waals surface area contributed by atoms with E-state index >= 15 is 0 Å². The maximum absolute atomic E-state index is 11.6. The van der Waals surface area contributed by atoms with Gasteiger partial charge in [-0.1, -0.05) is 23.2 Å². The highest BCUT2D eigenvalue weighted by atomic mass is 35.5. The van der Waals surface area contributed by atoms with E-state index < -0.39 is 0 Å². The first-order valence-electron chi connectivity index (χ1n) is 5.66. The zero-order chi connectivity index (χ0) is 14.0. The van der Waals surface area contributed by atoms with Crippen molar-refractivity contribution in [1.82, 2.24) is 0 Å². The molecule has 19 heavy (non-hydrogen) atoms. The molecule has 0 aliphatic rings. The first kappa shape index (κ1) is 14.4. The molecule has 0 bridgehead atoms. The molecule has 0 amide bonds. The van der Waals surface area contributed by atoms with Gasteiger partial charge in [-0.3, -0.25) is 4.79 Å². The van der Waals surface area contributed by atoms with E-state index in [-0.39, 0.29) is 12.4 Å². The molecule has 0 spiro atoms. The first-order valence-corrected chi connectivity index (χ1v) is 7.29. The third kappa shape index (κ3) is 2.81. The Morgan fingerprint density at radius 2 is 2.16 bits per heavy atom. The number of fused-ring (bicyclic) bond motifs is 1. The van der Waals surface area contributed by atoms with E-state index in [0.29, 0.717) is 22.4 Å². The maximum atomic E-state index is 11.6. The van der Waals surface area contributed by atoms with Gasteiger partial charge < -0.3 is 9.47 Å². The molecule has 0 N–H and O–H groups in total. The van der Waals surface area contributed by atoms with E-state index in [1.54, 1.807) is 13.0 Å². The van der Waals surface area contributed by atoms with E-state index in [9.17, 15) is 4.79 Å². The largest absolute Gasteiger partial charge is 0.495 e. The van der Waals surface area contributed by atoms with Crippen LogP contribution in [0.3, 0.4) is 0 Å². The average molecular weight is 319 g/mol. The second-order valence-electron chi connectivity index (χ2n) is 3.82. The number of carbonyl (C=O) groups is 1. The quantitative estimate of drug-likeness (QED) is 0.787. The Bertz CT molecular complexity index is 622. The van der Waals surface area contributed by atoms with Gasteiger partial charge in [0.2, 0.25) is 0 Å². The smallest absolute Gasteiger partial charge is 0.310 e. The minimum atomic E-state index is -0.273. The summed E-state index contributed by atoms with van der Waals surface area (Å²) in [6.07, 6.45) is 0.191. The number of halogens is 2. The van der Waals surface area contributed by atoms with Crippen molar-refractivity contribution in [2.45, 2.75) is 13.3 Å². The summed E-state index contributed by atoms with van der Waals surface area (Å²) >= 11 is 13.9. The van der Waals surface area contributed by atoms with Crippen molar-refractivity contribution in [3.63, 3.8) is 0 Å². The van der Waals surface area contributed by atoms with Crippen LogP contribution in [0.15, 0.2) is 11.4 Å². The molecule has 1 heterocycles. The number of ether oxygens (including phenoxy) is 2. The summed E-state index contributed by atoms with van der Waals surface area (Å²) in [4.78, 5) is 11.6. The fourth-order valence-corrected chi connectivity index (χ4v) is 3.58. The molecule has 0 aliphatic heterocycles. The van der Waals surface area contributed by atoms with Crippen molar-refractivity contribution in [1.29, 1.82) is 0 Å². The Labute approximate surface area is 125 Å². The number of benzene rings is 1. The van der Waals surface area contributed by atoms with Crippen molar-refractivity contribution >= 4 is 50.6 Å². The predicted octanol–water partition coefficient (Wildman–Crippen LogP) is 4.32. The maximum Gasteiger partial charge on any atom is 0.310 e. The van der Waals surface area contributed by atoms with Crippen LogP contribution in [0, 0.1) is 0 Å². The molecule has 2 aromatic rings. The topological polar surface area (TPSA) is 35.5 Å². The summed E-state index contributed by atoms with van der Waals surface area (Å²) in [5, 5.41) is 3.71. The molecule has 0 unspecified atom stereocenters. The lowest BCUT2D eigenvalue weighted by atomic mass is 10.1. The van der Waals surface area contributed by atoms with Gasteiger partial charge in [0.15, 0.2) is 0 Å². The Hall–Kier alpha value is -0.970. The normalized spacial score (nSPS) is 10.7. The Morgan fingerprint density at radius 3 is 2.79 bits per heavy atom. The summed E-state index contributed by atoms with van der Waals surface area (Å²) in [5.41, 5.74) is 0.827. The standard InChI is InChI=1S/C13H12Cl2O3S/c1-3-18-10(16)4-7-6-19-13-11(7)8(14)5-9(17-2)12(13)15/h5-6H,3-4H2,1-2H3. The Morgan fingerprint density at radius 1 is 1.42 bits per heavy atom. The summed E-state index contributed by atoms with van der Waals surface area (Å²) in [6, 6.07) is 1.66. The molecule has 1 aromatic heterocycles. The van der Waals surface area contributed by atoms with Crippen LogP contribution in [0.2, 0.25) is 10.0 Å². The molecule has 1 aromatic carbocycles. The van der Waals surface area contributed by atoms with Crippen molar-refractivity contribution in [2.75, 3.05) is 13.7 Å². The predicted molar refractivity (Wildman–Crippen MR) is 78.7 cm³/mol. The second kappa shape index (κ2) is 5.99. The highest BCUT2D eigenvalue weighted by Gasteiger charge is 2.17. The third-order valence-corrected chi connectivity index (χ3v) is 4.47. The zero-order valence-electron chi connectivity index (χ0n) is 10.5. The molecule has 2 rings (SSSR count). The number of thiophene rings is 1. The summed E-state index contributed by atoms with van der Waals surface area (Å²) in [7, 11) is 1.54. The van der Waals surface area contributed by atoms with Crippen LogP contribution in [-0.2, 0) is 16.0 Å². The van der Waals surface area contributed by atoms with Crippen molar-refractivity contribution in [3.8, 4) is 5.75 Å². The van der Waals surface area contributed by atoms with Gasteiger partial charge in [0.05, 0.1) is 29.9 Å². The van der Waals surface area contributed by atoms with Crippen LogP contribution in [0.5, 0.6) is 5.75 Å². The van der Waals surface area contributed by atoms with Crippen LogP contribution >= 0.6 is 34.5 Å². The van der Waals surface area contributed by atoms with Gasteiger partial charge in [0, 0.05) is 11.5 Å². The lowest BCUT2D eigenvalue weighted by molar-refractivity contribution is -0.142. The van der Waals surface area contributed by atoms with Gasteiger partial charge in [-0.15, -0.1) is 11.3 Å². The summed E-state index contributed by atoms with van der Waals surface area (Å²) in [6.45, 7) is 2.14. The van der Waals surface area contributed by atoms with Gasteiger partial charge in [-0.05, 0) is 17.9 Å². The van der Waals surface area contributed by atoms with Gasteiger partial charge in [-0.25, -0.2) is 0 Å². The summed E-state index contributed by atoms with van der Waals surface area (Å²) in [5.74, 6) is 0.258. The monoisotopic (exact) mass is 318 g/mol. The molecule has 0 radical (unpaired) electrons. The fourth-order valence-electron chi connectivity index (χ4n) is 1.83. The van der Waals surface area contributed by atoms with Crippen molar-refractivity contribution in [2.24, 2.45) is 0 Å². The fraction of sp³-hybridized carbons (Fsp3) is 0.308. The molecule has 6 heteroatoms. The van der Waals surface area contributed by atoms with Crippen LogP contribution in [-0.4, -0.2) is 19.7 Å². The van der Waals surface area contributed by atoms with Gasteiger partial charge in [-0.2, -0.15) is 0 Å². The van der Waals surface area contributed by atoms with Gasteiger partial charge in [0.25, 0.3) is 0 Å². The zero-order valence-corrected chi connectivity index (χ0v) is 12.8. The molecule has 0 fully saturated rings. The number of hydrogen-bond donors (Lipinski definition) is 0. The molecular formula is C13H12Cl2O3S. The lowest BCUT2D eigenvalue weighted by Crippen LogP contribution is -2.07. The van der Waals surface area contributed by atoms with E-state index in [1.807, 2.05) is 5.38 Å². The van der Waals surface area contributed by atoms with Crippen molar-refractivity contribution < 1.29 is 14.3 Å². The lowest BCUT2D eigenvalue weighted by Gasteiger charge is -2.07. The summed E-state index contributed by atoms with van der Waals surface area (Å²) < 4.78 is 10.9. The van der Waals surface area contributed by atoms with Crippen LogP contribution < -0.4 is 4.74 Å². The number of hydrogen-bond acceptors (Lipinski definition) is 4. The molecule has 102 valence electrons. The third-order valence-electron chi connectivity index (χ3n) is 2.64. The molecular weight excluding hydrogens is 307 g/mol. The average Bonchev–Trinajstić information content (AvgIpc) is 2.78. The number of esters is 1. The van der Waals surface area contributed by atoms with Crippen LogP contribution in [0.1, 0.15) is 12.5 Å². The van der Waals surface area contributed by atoms with Gasteiger partial charge in [0.1, 0.15) is 10.8 Å². The van der Waals surface area contributed by atoms with Gasteiger partial charge >= 0.3 is 5.97 Å². The SMILES string of the molecule is CCOC(=O)Cc1csc2c(Cl)c(OC)cc(Cl)c12. The molecule has 0 aliphatic carbocycles. The number of rotatable bonds is 4. The van der Waals surface area contributed by atoms with E-state index in [1.165, 1.54) is 18.4 Å². The number of carbonyl (C=O) groups excluding carboxylic acids is 1. The minimum Gasteiger partial charge on any atom is -0.495 e. The highest BCUT2D eigenvalue weighted by molar-refractivity contribution is 7.18. The number of methoxy groups -OCH3 is 1. The first-order chi connectivity index (χ1) is 9.08. The van der Waals surface area contributed by atoms with E-state index in [0.717, 1.165) is 15.6 Å². The molecule has 3 nitrogen and oxygen atoms in total. The second-order valence-corrected chi connectivity index (χ2v) is 5.49. The van der Waals surface area contributed by atoms with Crippen LogP contribution in [0.4, 0.5) is 0 Å². The Balaban J connectivity index is 2.48. The van der Waals surface area contributed by atoms with E-state index in [2.05, 4.69) is 0 Å². The Kier molecular flexibility index (Phi) is 4.55. The van der Waals surface area contributed by atoms with Crippen LogP contribution in [0.25, 0.3) is 10.1 Å². The molecule has 0 atom stereocenters. The van der Waals surface area contributed by atoms with Crippen molar-refractivity contribution in [3.05, 3.63) is 27.1 Å². The molecule has 0 saturated carbocycles. The van der Waals surface area contributed by atoms with E-state index in [4.69, 9.17) is 32.7 Å². The minimum absolute atomic E-state index is 0.191. The molecule has 0 saturated heterocycles. The highest BCUT2D eigenvalue weighted by Crippen LogP contribution is 2.42.